The van der Waals surface area contributed by atoms with Crippen molar-refractivity contribution in [2.24, 2.45) is 7.05 Å². The average Bonchev–Trinajstić information content (AvgIpc) is 2.94. The molecule has 2 heterocycles. The van der Waals surface area contributed by atoms with E-state index in [1.807, 2.05) is 43.6 Å². The molecule has 0 saturated heterocycles. The maximum Gasteiger partial charge on any atom is 0.407 e. The Hall–Kier alpha value is -2.63. The summed E-state index contributed by atoms with van der Waals surface area (Å²) in [6.45, 7) is 1.00. The third-order valence-corrected chi connectivity index (χ3v) is 3.63. The lowest BCUT2D eigenvalue weighted by atomic mass is 9.98. The normalized spacial score (nSPS) is 14.9. The number of nitrogens with zero attached hydrogens (tertiary/aromatic N) is 4. The maximum atomic E-state index is 10.9. The highest BCUT2D eigenvalue weighted by atomic mass is 16.4. The van der Waals surface area contributed by atoms with Crippen LogP contribution in [0.1, 0.15) is 12.0 Å². The molecule has 1 N–H and O–H groups in total. The van der Waals surface area contributed by atoms with Crippen LogP contribution in [0.3, 0.4) is 0 Å². The minimum Gasteiger partial charge on any atom is -0.465 e. The van der Waals surface area contributed by atoms with E-state index in [2.05, 4.69) is 10.3 Å². The largest absolute Gasteiger partial charge is 0.465 e. The van der Waals surface area contributed by atoms with E-state index < -0.39 is 6.09 Å². The zero-order valence-electron chi connectivity index (χ0n) is 11.7. The van der Waals surface area contributed by atoms with E-state index in [9.17, 15) is 4.79 Å². The van der Waals surface area contributed by atoms with Gasteiger partial charge < -0.3 is 10.0 Å². The Morgan fingerprint density at radius 2 is 1.95 bits per heavy atom. The molecule has 1 aliphatic rings. The number of hydrogen-bond acceptors (Lipinski definition) is 3. The first kappa shape index (κ1) is 13.4. The van der Waals surface area contributed by atoms with Crippen molar-refractivity contribution < 1.29 is 9.90 Å². The molecule has 0 spiro atoms. The van der Waals surface area contributed by atoms with Crippen LogP contribution >= 0.6 is 0 Å². The minimum atomic E-state index is -0.858. The summed E-state index contributed by atoms with van der Waals surface area (Å²) in [7, 11) is 1.84. The SMILES string of the molecule is Cn1cc(-c2ccc(C3=CCN(C(=O)O)CC3)cc2)nn1. The molecule has 1 aromatic carbocycles. The number of carbonyl (C=O) groups is 1. The quantitative estimate of drug-likeness (QED) is 0.918. The highest BCUT2D eigenvalue weighted by Crippen LogP contribution is 2.25. The summed E-state index contributed by atoms with van der Waals surface area (Å²) in [4.78, 5) is 12.3. The Balaban J connectivity index is 1.77. The van der Waals surface area contributed by atoms with Gasteiger partial charge in [-0.05, 0) is 17.6 Å². The highest BCUT2D eigenvalue weighted by molar-refractivity contribution is 5.72. The van der Waals surface area contributed by atoms with Crippen LogP contribution in [0.15, 0.2) is 36.5 Å². The molecule has 0 aliphatic carbocycles. The molecule has 1 aromatic heterocycles. The molecule has 21 heavy (non-hydrogen) atoms. The second kappa shape index (κ2) is 5.40. The molecule has 1 amide bonds. The molecule has 6 heteroatoms. The molecular weight excluding hydrogens is 268 g/mol. The van der Waals surface area contributed by atoms with E-state index in [4.69, 9.17) is 5.11 Å². The number of benzene rings is 1. The molecule has 0 radical (unpaired) electrons. The predicted octanol–water partition coefficient (Wildman–Crippen LogP) is 2.25. The summed E-state index contributed by atoms with van der Waals surface area (Å²) >= 11 is 0. The van der Waals surface area contributed by atoms with Crippen LogP contribution < -0.4 is 0 Å². The van der Waals surface area contributed by atoms with Crippen molar-refractivity contribution in [2.75, 3.05) is 13.1 Å². The van der Waals surface area contributed by atoms with Crippen molar-refractivity contribution in [2.45, 2.75) is 6.42 Å². The Morgan fingerprint density at radius 3 is 2.48 bits per heavy atom. The fourth-order valence-corrected chi connectivity index (χ4v) is 2.44. The number of carboxylic acid groups (broad SMARTS) is 1. The van der Waals surface area contributed by atoms with E-state index in [-0.39, 0.29) is 0 Å². The van der Waals surface area contributed by atoms with Crippen molar-refractivity contribution in [1.29, 1.82) is 0 Å². The van der Waals surface area contributed by atoms with Gasteiger partial charge in [0.15, 0.2) is 0 Å². The van der Waals surface area contributed by atoms with Gasteiger partial charge in [0.05, 0.1) is 6.20 Å². The van der Waals surface area contributed by atoms with E-state index in [0.29, 0.717) is 13.1 Å². The predicted molar refractivity (Wildman–Crippen MR) is 78.6 cm³/mol. The fourth-order valence-electron chi connectivity index (χ4n) is 2.44. The number of rotatable bonds is 2. The smallest absolute Gasteiger partial charge is 0.407 e. The summed E-state index contributed by atoms with van der Waals surface area (Å²) in [6.07, 6.45) is 3.74. The van der Waals surface area contributed by atoms with Crippen LogP contribution in [0.5, 0.6) is 0 Å². The van der Waals surface area contributed by atoms with E-state index >= 15 is 0 Å². The zero-order valence-corrected chi connectivity index (χ0v) is 11.7. The number of amides is 1. The molecule has 3 rings (SSSR count). The second-order valence-corrected chi connectivity index (χ2v) is 5.06. The van der Waals surface area contributed by atoms with Crippen LogP contribution in [0.25, 0.3) is 16.8 Å². The van der Waals surface area contributed by atoms with Gasteiger partial charge in [0.1, 0.15) is 5.69 Å². The zero-order chi connectivity index (χ0) is 14.8. The molecule has 0 unspecified atom stereocenters. The van der Waals surface area contributed by atoms with Crippen molar-refractivity contribution in [1.82, 2.24) is 19.9 Å². The molecule has 0 fully saturated rings. The topological polar surface area (TPSA) is 71.2 Å². The van der Waals surface area contributed by atoms with Gasteiger partial charge >= 0.3 is 6.09 Å². The monoisotopic (exact) mass is 284 g/mol. The Kier molecular flexibility index (Phi) is 3.43. The van der Waals surface area contributed by atoms with Gasteiger partial charge in [-0.3, -0.25) is 4.68 Å². The van der Waals surface area contributed by atoms with Crippen LogP contribution in [0, 0.1) is 0 Å². The van der Waals surface area contributed by atoms with E-state index in [0.717, 1.165) is 23.2 Å². The molecule has 2 aromatic rings. The third-order valence-electron chi connectivity index (χ3n) is 3.63. The number of aryl methyl sites for hydroxylation is 1. The molecular formula is C15H16N4O2. The van der Waals surface area contributed by atoms with Gasteiger partial charge in [0, 0.05) is 25.7 Å². The average molecular weight is 284 g/mol. The minimum absolute atomic E-state index is 0.455. The van der Waals surface area contributed by atoms with Gasteiger partial charge in [-0.25, -0.2) is 4.79 Å². The lowest BCUT2D eigenvalue weighted by Gasteiger charge is -2.23. The van der Waals surface area contributed by atoms with Crippen molar-refractivity contribution in [3.8, 4) is 11.3 Å². The summed E-state index contributed by atoms with van der Waals surface area (Å²) in [5.74, 6) is 0. The van der Waals surface area contributed by atoms with Crippen LogP contribution in [0.2, 0.25) is 0 Å². The standard InChI is InChI=1S/C15H16N4O2/c1-18-10-14(16-17-18)13-4-2-11(3-5-13)12-6-8-19(9-7-12)15(20)21/h2-6,10H,7-9H2,1H3,(H,20,21). The highest BCUT2D eigenvalue weighted by Gasteiger charge is 2.16. The van der Waals surface area contributed by atoms with Gasteiger partial charge in [-0.1, -0.05) is 35.6 Å². The van der Waals surface area contributed by atoms with E-state index in [1.165, 1.54) is 10.5 Å². The van der Waals surface area contributed by atoms with Crippen molar-refractivity contribution in [3.63, 3.8) is 0 Å². The molecule has 108 valence electrons. The fraction of sp³-hybridized carbons (Fsp3) is 0.267. The summed E-state index contributed by atoms with van der Waals surface area (Å²) in [6, 6.07) is 8.13. The lowest BCUT2D eigenvalue weighted by Crippen LogP contribution is -2.33. The summed E-state index contributed by atoms with van der Waals surface area (Å²) < 4.78 is 1.67. The molecule has 1 aliphatic heterocycles. The first-order valence-electron chi connectivity index (χ1n) is 6.77. The first-order chi connectivity index (χ1) is 10.1. The van der Waals surface area contributed by atoms with Gasteiger partial charge in [0.2, 0.25) is 0 Å². The maximum absolute atomic E-state index is 10.9. The van der Waals surface area contributed by atoms with E-state index in [1.54, 1.807) is 4.68 Å². The molecule has 0 atom stereocenters. The van der Waals surface area contributed by atoms with Gasteiger partial charge in [-0.2, -0.15) is 0 Å². The summed E-state index contributed by atoms with van der Waals surface area (Å²) in [5, 5.41) is 16.9. The molecule has 0 saturated carbocycles. The van der Waals surface area contributed by atoms with Crippen LogP contribution in [0.4, 0.5) is 4.79 Å². The number of hydrogen-bond donors (Lipinski definition) is 1. The second-order valence-electron chi connectivity index (χ2n) is 5.06. The lowest BCUT2D eigenvalue weighted by molar-refractivity contribution is 0.150. The Labute approximate surface area is 122 Å². The van der Waals surface area contributed by atoms with Crippen LogP contribution in [-0.2, 0) is 7.05 Å². The first-order valence-corrected chi connectivity index (χ1v) is 6.77. The van der Waals surface area contributed by atoms with Crippen molar-refractivity contribution >= 4 is 11.7 Å². The van der Waals surface area contributed by atoms with Gasteiger partial charge in [0.25, 0.3) is 0 Å². The van der Waals surface area contributed by atoms with Crippen molar-refractivity contribution in [3.05, 3.63) is 42.1 Å². The summed E-state index contributed by atoms with van der Waals surface area (Å²) in [5.41, 5.74) is 4.19. The third kappa shape index (κ3) is 2.79. The Bertz CT molecular complexity index is 688. The van der Waals surface area contributed by atoms with Crippen LogP contribution in [-0.4, -0.2) is 44.2 Å². The Morgan fingerprint density at radius 1 is 1.24 bits per heavy atom. The number of aromatic nitrogens is 3. The molecule has 6 nitrogen and oxygen atoms in total. The van der Waals surface area contributed by atoms with Gasteiger partial charge in [-0.15, -0.1) is 5.10 Å². The molecule has 0 bridgehead atoms.